The molecule has 0 atom stereocenters. The van der Waals surface area contributed by atoms with E-state index in [2.05, 4.69) is 29.6 Å². The lowest BCUT2D eigenvalue weighted by Gasteiger charge is -2.06. The van der Waals surface area contributed by atoms with Crippen molar-refractivity contribution in [2.45, 2.75) is 27.3 Å². The second-order valence-electron chi connectivity index (χ2n) is 6.35. The Bertz CT molecular complexity index is 840. The Balaban J connectivity index is 2.11. The first kappa shape index (κ1) is 19.7. The van der Waals surface area contributed by atoms with Crippen LogP contribution in [0.15, 0.2) is 30.3 Å². The summed E-state index contributed by atoms with van der Waals surface area (Å²) in [5, 5.41) is 10.2. The van der Waals surface area contributed by atoms with Crippen LogP contribution in [0.25, 0.3) is 6.08 Å². The molecular weight excluding hydrogens is 352 g/mol. The Labute approximate surface area is 158 Å². The third-order valence-electron chi connectivity index (χ3n) is 3.67. The van der Waals surface area contributed by atoms with Gasteiger partial charge in [-0.05, 0) is 37.1 Å². The lowest BCUT2D eigenvalue weighted by Crippen LogP contribution is -2.18. The zero-order chi connectivity index (χ0) is 19.3. The summed E-state index contributed by atoms with van der Waals surface area (Å²) < 4.78 is 1.74. The molecule has 0 saturated carbocycles. The lowest BCUT2D eigenvalue weighted by molar-refractivity contribution is -0.111. The first-order chi connectivity index (χ1) is 12.3. The Morgan fingerprint density at radius 3 is 2.73 bits per heavy atom. The molecule has 0 radical (unpaired) electrons. The fourth-order valence-electron chi connectivity index (χ4n) is 2.45. The third kappa shape index (κ3) is 4.95. The van der Waals surface area contributed by atoms with Crippen LogP contribution in [0.1, 0.15) is 35.5 Å². The number of carbonyl (C=O) groups is 2. The maximum absolute atomic E-state index is 12.2. The number of hydrogen-bond donors (Lipinski definition) is 2. The molecule has 0 bridgehead atoms. The van der Waals surface area contributed by atoms with Crippen molar-refractivity contribution in [3.63, 3.8) is 0 Å². The van der Waals surface area contributed by atoms with E-state index < -0.39 is 0 Å². The van der Waals surface area contributed by atoms with Gasteiger partial charge in [0.1, 0.15) is 5.15 Å². The average Bonchev–Trinajstić information content (AvgIpc) is 2.85. The van der Waals surface area contributed by atoms with Crippen molar-refractivity contribution in [3.05, 3.63) is 52.3 Å². The van der Waals surface area contributed by atoms with Gasteiger partial charge in [0, 0.05) is 36.5 Å². The molecule has 6 nitrogen and oxygen atoms in total. The highest BCUT2D eigenvalue weighted by Gasteiger charge is 2.12. The number of benzene rings is 1. The molecule has 2 amide bonds. The van der Waals surface area contributed by atoms with E-state index in [1.54, 1.807) is 42.1 Å². The zero-order valence-electron chi connectivity index (χ0n) is 15.3. The van der Waals surface area contributed by atoms with Crippen LogP contribution in [0.5, 0.6) is 0 Å². The summed E-state index contributed by atoms with van der Waals surface area (Å²) in [6.45, 7) is 6.74. The van der Waals surface area contributed by atoms with Crippen molar-refractivity contribution >= 4 is 35.2 Å². The standard InChI is InChI=1S/C19H23ClN4O2/c1-12(2)11-24-18(20)16(13(3)23-24)8-9-17(25)22-15-7-5-6-14(10-15)19(26)21-4/h5-10,12H,11H2,1-4H3,(H,21,26)(H,22,25)/b9-8+. The van der Waals surface area contributed by atoms with Crippen LogP contribution in [-0.2, 0) is 11.3 Å². The van der Waals surface area contributed by atoms with Crippen molar-refractivity contribution in [2.24, 2.45) is 5.92 Å². The smallest absolute Gasteiger partial charge is 0.251 e. The maximum Gasteiger partial charge on any atom is 0.251 e. The summed E-state index contributed by atoms with van der Waals surface area (Å²) in [4.78, 5) is 23.8. The van der Waals surface area contributed by atoms with Gasteiger partial charge in [-0.15, -0.1) is 0 Å². The first-order valence-electron chi connectivity index (χ1n) is 8.36. The molecule has 0 aliphatic rings. The molecule has 2 rings (SSSR count). The molecule has 0 aliphatic heterocycles. The van der Waals surface area contributed by atoms with E-state index in [1.165, 1.54) is 6.08 Å². The molecule has 7 heteroatoms. The van der Waals surface area contributed by atoms with Gasteiger partial charge in [-0.3, -0.25) is 14.3 Å². The lowest BCUT2D eigenvalue weighted by atomic mass is 10.2. The van der Waals surface area contributed by atoms with Crippen molar-refractivity contribution < 1.29 is 9.59 Å². The molecule has 1 aromatic carbocycles. The van der Waals surface area contributed by atoms with Gasteiger partial charge < -0.3 is 10.6 Å². The number of aryl methyl sites for hydroxylation is 1. The monoisotopic (exact) mass is 374 g/mol. The molecule has 2 N–H and O–H groups in total. The minimum Gasteiger partial charge on any atom is -0.355 e. The highest BCUT2D eigenvalue weighted by Crippen LogP contribution is 2.22. The molecule has 138 valence electrons. The van der Waals surface area contributed by atoms with E-state index in [-0.39, 0.29) is 11.8 Å². The molecule has 1 aromatic heterocycles. The predicted octanol–water partition coefficient (Wildman–Crippen LogP) is 3.51. The summed E-state index contributed by atoms with van der Waals surface area (Å²) in [6, 6.07) is 6.72. The van der Waals surface area contributed by atoms with Crippen LogP contribution in [0.4, 0.5) is 5.69 Å². The van der Waals surface area contributed by atoms with Gasteiger partial charge in [-0.2, -0.15) is 5.10 Å². The van der Waals surface area contributed by atoms with Crippen LogP contribution < -0.4 is 10.6 Å². The van der Waals surface area contributed by atoms with Gasteiger partial charge in [0.2, 0.25) is 5.91 Å². The minimum absolute atomic E-state index is 0.211. The number of anilines is 1. The van der Waals surface area contributed by atoms with Gasteiger partial charge in [-0.1, -0.05) is 31.5 Å². The molecule has 0 aliphatic carbocycles. The molecular formula is C19H23ClN4O2. The number of nitrogens with one attached hydrogen (secondary N) is 2. The molecule has 1 heterocycles. The van der Waals surface area contributed by atoms with Gasteiger partial charge >= 0.3 is 0 Å². The highest BCUT2D eigenvalue weighted by molar-refractivity contribution is 6.31. The summed E-state index contributed by atoms with van der Waals surface area (Å²) >= 11 is 6.36. The largest absolute Gasteiger partial charge is 0.355 e. The number of aromatic nitrogens is 2. The van der Waals surface area contributed by atoms with Crippen molar-refractivity contribution in [3.8, 4) is 0 Å². The Hall–Kier alpha value is -2.60. The van der Waals surface area contributed by atoms with E-state index in [4.69, 9.17) is 11.6 Å². The van der Waals surface area contributed by atoms with Gasteiger partial charge in [0.15, 0.2) is 0 Å². The topological polar surface area (TPSA) is 76.0 Å². The molecule has 0 fully saturated rings. The number of carbonyl (C=O) groups excluding carboxylic acids is 2. The Morgan fingerprint density at radius 2 is 2.08 bits per heavy atom. The van der Waals surface area contributed by atoms with Crippen LogP contribution in [-0.4, -0.2) is 28.6 Å². The Morgan fingerprint density at radius 1 is 1.35 bits per heavy atom. The summed E-state index contributed by atoms with van der Waals surface area (Å²) in [7, 11) is 1.56. The Kier molecular flexibility index (Phi) is 6.58. The highest BCUT2D eigenvalue weighted by atomic mass is 35.5. The van der Waals surface area contributed by atoms with Gasteiger partial charge in [-0.25, -0.2) is 0 Å². The average molecular weight is 375 g/mol. The number of amides is 2. The van der Waals surface area contributed by atoms with E-state index in [0.717, 1.165) is 11.3 Å². The minimum atomic E-state index is -0.314. The van der Waals surface area contributed by atoms with Crippen molar-refractivity contribution in [1.82, 2.24) is 15.1 Å². The summed E-state index contributed by atoms with van der Waals surface area (Å²) in [6.07, 6.45) is 3.06. The number of nitrogens with zero attached hydrogens (tertiary/aromatic N) is 2. The number of halogens is 1. The van der Waals surface area contributed by atoms with Crippen LogP contribution >= 0.6 is 11.6 Å². The summed E-state index contributed by atoms with van der Waals surface area (Å²) in [5.41, 5.74) is 2.50. The normalized spacial score (nSPS) is 11.2. The summed E-state index contributed by atoms with van der Waals surface area (Å²) in [5.74, 6) is -0.109. The predicted molar refractivity (Wildman–Crippen MR) is 104 cm³/mol. The molecule has 0 spiro atoms. The molecule has 0 unspecified atom stereocenters. The number of rotatable bonds is 6. The maximum atomic E-state index is 12.2. The SMILES string of the molecule is CNC(=O)c1cccc(NC(=O)/C=C/c2c(C)nn(CC(C)C)c2Cl)c1. The molecule has 2 aromatic rings. The fraction of sp³-hybridized carbons (Fsp3) is 0.316. The third-order valence-corrected chi connectivity index (χ3v) is 4.07. The van der Waals surface area contributed by atoms with E-state index in [9.17, 15) is 9.59 Å². The van der Waals surface area contributed by atoms with E-state index in [0.29, 0.717) is 28.9 Å². The van der Waals surface area contributed by atoms with Crippen molar-refractivity contribution in [1.29, 1.82) is 0 Å². The van der Waals surface area contributed by atoms with Crippen molar-refractivity contribution in [2.75, 3.05) is 12.4 Å². The van der Waals surface area contributed by atoms with Gasteiger partial charge in [0.25, 0.3) is 5.91 Å². The second kappa shape index (κ2) is 8.67. The van der Waals surface area contributed by atoms with E-state index >= 15 is 0 Å². The van der Waals surface area contributed by atoms with E-state index in [1.807, 2.05) is 6.92 Å². The van der Waals surface area contributed by atoms with Crippen LogP contribution in [0.3, 0.4) is 0 Å². The number of hydrogen-bond acceptors (Lipinski definition) is 3. The second-order valence-corrected chi connectivity index (χ2v) is 6.71. The zero-order valence-corrected chi connectivity index (χ0v) is 16.1. The van der Waals surface area contributed by atoms with Gasteiger partial charge in [0.05, 0.1) is 5.69 Å². The molecule has 26 heavy (non-hydrogen) atoms. The first-order valence-corrected chi connectivity index (χ1v) is 8.73. The quantitative estimate of drug-likeness (QED) is 0.759. The fourth-order valence-corrected chi connectivity index (χ4v) is 2.76. The molecule has 0 saturated heterocycles. The van der Waals surface area contributed by atoms with Crippen LogP contribution in [0.2, 0.25) is 5.15 Å². The van der Waals surface area contributed by atoms with Crippen LogP contribution in [0, 0.1) is 12.8 Å².